The van der Waals surface area contributed by atoms with E-state index in [1.54, 1.807) is 42.5 Å². The Morgan fingerprint density at radius 3 is 2.44 bits per heavy atom. The average molecular weight is 385 g/mol. The molecule has 3 aromatic rings. The number of benzene rings is 2. The summed E-state index contributed by atoms with van der Waals surface area (Å²) in [5.41, 5.74) is 2.05. The molecule has 1 heterocycles. The molecule has 0 radical (unpaired) electrons. The Morgan fingerprint density at radius 2 is 1.85 bits per heavy atom. The van der Waals surface area contributed by atoms with Gasteiger partial charge in [0.2, 0.25) is 0 Å². The van der Waals surface area contributed by atoms with Crippen LogP contribution in [0.2, 0.25) is 5.02 Å². The standard InChI is InChI=1S/C19H17ClN4O3/c1-12(2)21-19(25)18-11-16(13-7-9-14(10-8-13)24(26)27)22-23(18)17-6-4-3-5-15(17)20/h3-12H,1-2H3,(H,21,25). The maximum atomic E-state index is 12.6. The molecule has 0 aliphatic carbocycles. The predicted octanol–water partition coefficient (Wildman–Crippen LogP) is 4.24. The van der Waals surface area contributed by atoms with Gasteiger partial charge in [-0.25, -0.2) is 4.68 Å². The highest BCUT2D eigenvalue weighted by molar-refractivity contribution is 6.32. The molecule has 0 atom stereocenters. The number of nitrogens with zero attached hydrogens (tertiary/aromatic N) is 3. The summed E-state index contributed by atoms with van der Waals surface area (Å²) in [7, 11) is 0. The second kappa shape index (κ2) is 7.59. The SMILES string of the molecule is CC(C)NC(=O)c1cc(-c2ccc([N+](=O)[O-])cc2)nn1-c1ccccc1Cl. The van der Waals surface area contributed by atoms with Gasteiger partial charge in [-0.1, -0.05) is 23.7 Å². The van der Waals surface area contributed by atoms with Crippen LogP contribution in [0.15, 0.2) is 54.6 Å². The molecule has 1 amide bonds. The minimum Gasteiger partial charge on any atom is -0.349 e. The third kappa shape index (κ3) is 3.98. The third-order valence-corrected chi connectivity index (χ3v) is 4.14. The van der Waals surface area contributed by atoms with Crippen LogP contribution in [-0.2, 0) is 0 Å². The Hall–Kier alpha value is -3.19. The van der Waals surface area contributed by atoms with Gasteiger partial charge < -0.3 is 5.32 Å². The van der Waals surface area contributed by atoms with E-state index in [2.05, 4.69) is 10.4 Å². The molecule has 0 spiro atoms. The van der Waals surface area contributed by atoms with Gasteiger partial charge >= 0.3 is 0 Å². The highest BCUT2D eigenvalue weighted by atomic mass is 35.5. The molecule has 0 unspecified atom stereocenters. The molecule has 3 rings (SSSR count). The summed E-state index contributed by atoms with van der Waals surface area (Å²) in [5.74, 6) is -0.286. The first-order valence-corrected chi connectivity index (χ1v) is 8.65. The number of aromatic nitrogens is 2. The first-order chi connectivity index (χ1) is 12.9. The molecule has 1 aromatic heterocycles. The number of para-hydroxylation sites is 1. The van der Waals surface area contributed by atoms with E-state index in [1.807, 2.05) is 13.8 Å². The molecule has 0 aliphatic rings. The number of halogens is 1. The summed E-state index contributed by atoms with van der Waals surface area (Å²) in [6.45, 7) is 3.73. The van der Waals surface area contributed by atoms with Gasteiger partial charge in [-0.2, -0.15) is 5.10 Å². The van der Waals surface area contributed by atoms with Crippen LogP contribution in [0.5, 0.6) is 0 Å². The van der Waals surface area contributed by atoms with E-state index in [9.17, 15) is 14.9 Å². The number of amides is 1. The largest absolute Gasteiger partial charge is 0.349 e. The number of rotatable bonds is 5. The predicted molar refractivity (Wildman–Crippen MR) is 103 cm³/mol. The van der Waals surface area contributed by atoms with Gasteiger partial charge in [-0.3, -0.25) is 14.9 Å². The van der Waals surface area contributed by atoms with E-state index < -0.39 is 4.92 Å². The molecule has 0 saturated carbocycles. The third-order valence-electron chi connectivity index (χ3n) is 3.82. The number of nitrogens with one attached hydrogen (secondary N) is 1. The number of carbonyl (C=O) groups excluding carboxylic acids is 1. The lowest BCUT2D eigenvalue weighted by Crippen LogP contribution is -2.31. The summed E-state index contributed by atoms with van der Waals surface area (Å²) in [6, 6.07) is 14.7. The zero-order valence-electron chi connectivity index (χ0n) is 14.7. The van der Waals surface area contributed by atoms with Crippen molar-refractivity contribution in [2.75, 3.05) is 0 Å². The lowest BCUT2D eigenvalue weighted by Gasteiger charge is -2.11. The normalized spacial score (nSPS) is 10.8. The zero-order chi connectivity index (χ0) is 19.6. The van der Waals surface area contributed by atoms with Crippen molar-refractivity contribution in [3.8, 4) is 16.9 Å². The maximum absolute atomic E-state index is 12.6. The topological polar surface area (TPSA) is 90.1 Å². The van der Waals surface area contributed by atoms with Crippen molar-refractivity contribution in [3.05, 3.63) is 75.4 Å². The van der Waals surface area contributed by atoms with Gasteiger partial charge in [0, 0.05) is 23.7 Å². The quantitative estimate of drug-likeness (QED) is 0.526. The molecular weight excluding hydrogens is 368 g/mol. The summed E-state index contributed by atoms with van der Waals surface area (Å²) >= 11 is 6.28. The number of hydrogen-bond donors (Lipinski definition) is 1. The van der Waals surface area contributed by atoms with E-state index in [1.165, 1.54) is 16.8 Å². The van der Waals surface area contributed by atoms with Crippen LogP contribution in [0.25, 0.3) is 16.9 Å². The Balaban J connectivity index is 2.10. The fourth-order valence-corrected chi connectivity index (χ4v) is 2.80. The van der Waals surface area contributed by atoms with E-state index in [0.717, 1.165) is 0 Å². The van der Waals surface area contributed by atoms with E-state index >= 15 is 0 Å². The monoisotopic (exact) mass is 384 g/mol. The number of hydrogen-bond acceptors (Lipinski definition) is 4. The molecule has 0 fully saturated rings. The lowest BCUT2D eigenvalue weighted by molar-refractivity contribution is -0.384. The van der Waals surface area contributed by atoms with Crippen LogP contribution in [0.3, 0.4) is 0 Å². The molecule has 27 heavy (non-hydrogen) atoms. The van der Waals surface area contributed by atoms with Gasteiger partial charge in [-0.05, 0) is 44.2 Å². The van der Waals surface area contributed by atoms with E-state index in [0.29, 0.717) is 27.7 Å². The highest BCUT2D eigenvalue weighted by Gasteiger charge is 2.20. The van der Waals surface area contributed by atoms with Crippen molar-refractivity contribution in [1.82, 2.24) is 15.1 Å². The second-order valence-electron chi connectivity index (χ2n) is 6.21. The van der Waals surface area contributed by atoms with Crippen molar-refractivity contribution in [3.63, 3.8) is 0 Å². The smallest absolute Gasteiger partial charge is 0.270 e. The van der Waals surface area contributed by atoms with Gasteiger partial charge in [0.25, 0.3) is 11.6 Å². The number of nitro benzene ring substituents is 1. The molecule has 0 aliphatic heterocycles. The van der Waals surface area contributed by atoms with Crippen LogP contribution in [0, 0.1) is 10.1 Å². The summed E-state index contributed by atoms with van der Waals surface area (Å²) < 4.78 is 1.48. The van der Waals surface area contributed by atoms with Crippen LogP contribution >= 0.6 is 11.6 Å². The number of nitro groups is 1. The highest BCUT2D eigenvalue weighted by Crippen LogP contribution is 2.26. The molecule has 7 nitrogen and oxygen atoms in total. The minimum absolute atomic E-state index is 0.0120. The maximum Gasteiger partial charge on any atom is 0.270 e. The van der Waals surface area contributed by atoms with Crippen molar-refractivity contribution >= 4 is 23.2 Å². The van der Waals surface area contributed by atoms with Gasteiger partial charge in [0.15, 0.2) is 0 Å². The number of non-ortho nitro benzene ring substituents is 1. The van der Waals surface area contributed by atoms with Crippen LogP contribution in [0.1, 0.15) is 24.3 Å². The molecular formula is C19H17ClN4O3. The van der Waals surface area contributed by atoms with Gasteiger partial charge in [0.1, 0.15) is 5.69 Å². The Bertz CT molecular complexity index is 996. The zero-order valence-corrected chi connectivity index (χ0v) is 15.5. The summed E-state index contributed by atoms with van der Waals surface area (Å²) in [5, 5.41) is 18.7. The fourth-order valence-electron chi connectivity index (χ4n) is 2.58. The Labute approximate surface area is 160 Å². The summed E-state index contributed by atoms with van der Waals surface area (Å²) in [4.78, 5) is 23.0. The molecule has 8 heteroatoms. The second-order valence-corrected chi connectivity index (χ2v) is 6.62. The van der Waals surface area contributed by atoms with E-state index in [4.69, 9.17) is 11.6 Å². The molecule has 0 bridgehead atoms. The van der Waals surface area contributed by atoms with Crippen LogP contribution in [0.4, 0.5) is 5.69 Å². The first kappa shape index (κ1) is 18.6. The molecule has 1 N–H and O–H groups in total. The van der Waals surface area contributed by atoms with E-state index in [-0.39, 0.29) is 17.6 Å². The number of carbonyl (C=O) groups is 1. The van der Waals surface area contributed by atoms with Crippen molar-refractivity contribution in [2.45, 2.75) is 19.9 Å². The van der Waals surface area contributed by atoms with Crippen LogP contribution < -0.4 is 5.32 Å². The summed E-state index contributed by atoms with van der Waals surface area (Å²) in [6.07, 6.45) is 0. The van der Waals surface area contributed by atoms with Gasteiger partial charge in [-0.15, -0.1) is 0 Å². The first-order valence-electron chi connectivity index (χ1n) is 8.27. The van der Waals surface area contributed by atoms with Crippen molar-refractivity contribution in [1.29, 1.82) is 0 Å². The molecule has 0 saturated heterocycles. The van der Waals surface area contributed by atoms with Crippen LogP contribution in [-0.4, -0.2) is 26.7 Å². The van der Waals surface area contributed by atoms with Crippen molar-refractivity contribution in [2.24, 2.45) is 0 Å². The Kier molecular flexibility index (Phi) is 5.23. The minimum atomic E-state index is -0.465. The Morgan fingerprint density at radius 1 is 1.19 bits per heavy atom. The van der Waals surface area contributed by atoms with Crippen molar-refractivity contribution < 1.29 is 9.72 Å². The fraction of sp³-hybridized carbons (Fsp3) is 0.158. The average Bonchev–Trinajstić information content (AvgIpc) is 3.07. The lowest BCUT2D eigenvalue weighted by atomic mass is 10.1. The molecule has 138 valence electrons. The van der Waals surface area contributed by atoms with Gasteiger partial charge in [0.05, 0.1) is 21.3 Å². The molecule has 2 aromatic carbocycles.